The molecule has 0 bridgehead atoms. The number of benzene rings is 1. The number of piperazine rings is 1. The molecule has 166 valence electrons. The number of aryl methyl sites for hydroxylation is 1. The highest BCUT2D eigenvalue weighted by Crippen LogP contribution is 2.27. The quantitative estimate of drug-likeness (QED) is 0.763. The SMILES string of the molecule is CC1=C(C(=O)N2CCN(C(=O)Oc3cncc(C(N)=O)c3)CC2)Nc2ccccc2CC1. The number of allylic oxidation sites excluding steroid dienone is 1. The van der Waals surface area contributed by atoms with Gasteiger partial charge in [0, 0.05) is 38.1 Å². The number of carbonyl (C=O) groups is 3. The van der Waals surface area contributed by atoms with Crippen LogP contribution >= 0.6 is 0 Å². The van der Waals surface area contributed by atoms with Gasteiger partial charge in [-0.1, -0.05) is 18.2 Å². The number of fused-ring (bicyclic) bond motifs is 1. The van der Waals surface area contributed by atoms with E-state index in [9.17, 15) is 14.4 Å². The lowest BCUT2D eigenvalue weighted by atomic mass is 10.1. The van der Waals surface area contributed by atoms with Gasteiger partial charge in [0.2, 0.25) is 5.91 Å². The van der Waals surface area contributed by atoms with Crippen LogP contribution in [-0.4, -0.2) is 58.9 Å². The van der Waals surface area contributed by atoms with Crippen LogP contribution in [0.3, 0.4) is 0 Å². The molecular weight excluding hydrogens is 410 g/mol. The first-order valence-electron chi connectivity index (χ1n) is 10.5. The molecule has 3 N–H and O–H groups in total. The summed E-state index contributed by atoms with van der Waals surface area (Å²) in [6.45, 7) is 3.46. The summed E-state index contributed by atoms with van der Waals surface area (Å²) in [6, 6.07) is 9.38. The number of pyridine rings is 1. The van der Waals surface area contributed by atoms with E-state index in [1.807, 2.05) is 25.1 Å². The number of hydrogen-bond donors (Lipinski definition) is 2. The highest BCUT2D eigenvalue weighted by atomic mass is 16.6. The van der Waals surface area contributed by atoms with Gasteiger partial charge in [-0.15, -0.1) is 0 Å². The number of ether oxygens (including phenoxy) is 1. The number of amides is 3. The van der Waals surface area contributed by atoms with Crippen molar-refractivity contribution in [2.75, 3.05) is 31.5 Å². The molecule has 4 rings (SSSR count). The van der Waals surface area contributed by atoms with Crippen LogP contribution in [0.15, 0.2) is 54.0 Å². The lowest BCUT2D eigenvalue weighted by molar-refractivity contribution is -0.128. The number of nitrogens with one attached hydrogen (secondary N) is 1. The van der Waals surface area contributed by atoms with Gasteiger partial charge in [0.25, 0.3) is 5.91 Å². The molecule has 0 radical (unpaired) electrons. The minimum atomic E-state index is -0.651. The number of anilines is 1. The summed E-state index contributed by atoms with van der Waals surface area (Å²) in [7, 11) is 0. The Morgan fingerprint density at radius 1 is 1.03 bits per heavy atom. The smallest absolute Gasteiger partial charge is 0.409 e. The van der Waals surface area contributed by atoms with E-state index in [1.54, 1.807) is 4.90 Å². The third-order valence-electron chi connectivity index (χ3n) is 5.71. The number of aromatic nitrogens is 1. The van der Waals surface area contributed by atoms with Crippen LogP contribution in [-0.2, 0) is 11.2 Å². The second kappa shape index (κ2) is 9.09. The fraction of sp³-hybridized carbons (Fsp3) is 0.304. The molecule has 1 aromatic carbocycles. The van der Waals surface area contributed by atoms with Gasteiger partial charge >= 0.3 is 6.09 Å². The summed E-state index contributed by atoms with van der Waals surface area (Å²) < 4.78 is 5.32. The lowest BCUT2D eigenvalue weighted by Gasteiger charge is -2.34. The average Bonchev–Trinajstić information content (AvgIpc) is 2.98. The van der Waals surface area contributed by atoms with E-state index in [2.05, 4.69) is 16.4 Å². The molecule has 3 amide bonds. The van der Waals surface area contributed by atoms with Crippen LogP contribution in [0.4, 0.5) is 10.5 Å². The van der Waals surface area contributed by atoms with Crippen molar-refractivity contribution in [2.45, 2.75) is 19.8 Å². The molecule has 9 nitrogen and oxygen atoms in total. The molecule has 1 saturated heterocycles. The van der Waals surface area contributed by atoms with Gasteiger partial charge in [-0.2, -0.15) is 0 Å². The molecule has 3 heterocycles. The highest BCUT2D eigenvalue weighted by Gasteiger charge is 2.29. The summed E-state index contributed by atoms with van der Waals surface area (Å²) in [6.07, 6.45) is 3.79. The fourth-order valence-electron chi connectivity index (χ4n) is 3.81. The summed E-state index contributed by atoms with van der Waals surface area (Å²) in [5, 5.41) is 3.33. The largest absolute Gasteiger partial charge is 0.415 e. The zero-order chi connectivity index (χ0) is 22.7. The Hall–Kier alpha value is -3.88. The number of carbonyl (C=O) groups excluding carboxylic acids is 3. The minimum absolute atomic E-state index is 0.0643. The van der Waals surface area contributed by atoms with Gasteiger partial charge in [-0.25, -0.2) is 4.79 Å². The molecule has 2 aliphatic heterocycles. The van der Waals surface area contributed by atoms with Crippen molar-refractivity contribution in [2.24, 2.45) is 5.73 Å². The predicted molar refractivity (Wildman–Crippen MR) is 118 cm³/mol. The van der Waals surface area contributed by atoms with Gasteiger partial charge in [-0.3, -0.25) is 14.6 Å². The zero-order valence-electron chi connectivity index (χ0n) is 17.8. The number of para-hydroxylation sites is 1. The number of primary amides is 1. The van der Waals surface area contributed by atoms with Crippen molar-refractivity contribution in [1.29, 1.82) is 0 Å². The van der Waals surface area contributed by atoms with Crippen LogP contribution in [0, 0.1) is 0 Å². The maximum Gasteiger partial charge on any atom is 0.415 e. The Morgan fingerprint density at radius 3 is 2.50 bits per heavy atom. The molecule has 9 heteroatoms. The van der Waals surface area contributed by atoms with Crippen molar-refractivity contribution < 1.29 is 19.1 Å². The Morgan fingerprint density at radius 2 is 1.75 bits per heavy atom. The van der Waals surface area contributed by atoms with Gasteiger partial charge in [0.1, 0.15) is 5.70 Å². The Kier molecular flexibility index (Phi) is 6.07. The number of nitrogens with zero attached hydrogens (tertiary/aromatic N) is 3. The molecule has 0 spiro atoms. The molecule has 2 aromatic rings. The number of nitrogens with two attached hydrogens (primary N) is 1. The van der Waals surface area contributed by atoms with Crippen LogP contribution in [0.25, 0.3) is 0 Å². The summed E-state index contributed by atoms with van der Waals surface area (Å²) >= 11 is 0. The van der Waals surface area contributed by atoms with Crippen molar-refractivity contribution in [3.05, 3.63) is 65.1 Å². The maximum atomic E-state index is 13.2. The standard InChI is InChI=1S/C23H25N5O4/c1-15-6-7-16-4-2-3-5-19(16)26-20(15)22(30)27-8-10-28(11-9-27)23(31)32-18-12-17(21(24)29)13-25-14-18/h2-5,12-14,26H,6-11H2,1H3,(H2,24,29). The van der Waals surface area contributed by atoms with Crippen molar-refractivity contribution in [3.63, 3.8) is 0 Å². The maximum absolute atomic E-state index is 13.2. The highest BCUT2D eigenvalue weighted by molar-refractivity contribution is 5.97. The molecular formula is C23H25N5O4. The first-order valence-corrected chi connectivity index (χ1v) is 10.5. The first kappa shape index (κ1) is 21.4. The van der Waals surface area contributed by atoms with Gasteiger partial charge in [-0.05, 0) is 43.0 Å². The normalized spacial score (nSPS) is 16.0. The predicted octanol–water partition coefficient (Wildman–Crippen LogP) is 2.16. The topological polar surface area (TPSA) is 118 Å². The minimum Gasteiger partial charge on any atom is -0.409 e. The molecule has 1 fully saturated rings. The summed E-state index contributed by atoms with van der Waals surface area (Å²) in [4.78, 5) is 44.1. The van der Waals surface area contributed by atoms with Crippen LogP contribution < -0.4 is 15.8 Å². The lowest BCUT2D eigenvalue weighted by Crippen LogP contribution is -2.52. The Bertz CT molecular complexity index is 1090. The van der Waals surface area contributed by atoms with Crippen LogP contribution in [0.1, 0.15) is 29.3 Å². The zero-order valence-corrected chi connectivity index (χ0v) is 17.8. The number of hydrogen-bond acceptors (Lipinski definition) is 6. The van der Waals surface area contributed by atoms with E-state index >= 15 is 0 Å². The van der Waals surface area contributed by atoms with Gasteiger partial charge in [0.15, 0.2) is 5.75 Å². The van der Waals surface area contributed by atoms with Crippen molar-refractivity contribution in [1.82, 2.24) is 14.8 Å². The molecule has 2 aliphatic rings. The van der Waals surface area contributed by atoms with Gasteiger partial charge < -0.3 is 25.6 Å². The first-order chi connectivity index (χ1) is 15.4. The van der Waals surface area contributed by atoms with Gasteiger partial charge in [0.05, 0.1) is 11.8 Å². The van der Waals surface area contributed by atoms with E-state index in [0.717, 1.165) is 24.1 Å². The number of rotatable bonds is 3. The molecule has 0 atom stereocenters. The second-order valence-electron chi connectivity index (χ2n) is 7.86. The van der Waals surface area contributed by atoms with Crippen molar-refractivity contribution >= 4 is 23.6 Å². The monoisotopic (exact) mass is 435 g/mol. The molecule has 0 aliphatic carbocycles. The molecule has 32 heavy (non-hydrogen) atoms. The fourth-order valence-corrected chi connectivity index (χ4v) is 3.81. The van der Waals surface area contributed by atoms with E-state index in [4.69, 9.17) is 10.5 Å². The van der Waals surface area contributed by atoms with E-state index < -0.39 is 12.0 Å². The summed E-state index contributed by atoms with van der Waals surface area (Å²) in [5.41, 5.74) is 9.18. The van der Waals surface area contributed by atoms with Crippen LogP contribution in [0.2, 0.25) is 0 Å². The Balaban J connectivity index is 1.37. The van der Waals surface area contributed by atoms with E-state index in [1.165, 1.54) is 28.9 Å². The third kappa shape index (κ3) is 4.56. The van der Waals surface area contributed by atoms with Crippen LogP contribution in [0.5, 0.6) is 5.75 Å². The van der Waals surface area contributed by atoms with E-state index in [0.29, 0.717) is 31.9 Å². The average molecular weight is 435 g/mol. The van der Waals surface area contributed by atoms with Crippen molar-refractivity contribution in [3.8, 4) is 5.75 Å². The molecule has 0 unspecified atom stereocenters. The Labute approximate surface area is 185 Å². The second-order valence-corrected chi connectivity index (χ2v) is 7.86. The summed E-state index contributed by atoms with van der Waals surface area (Å²) in [5.74, 6) is -0.570. The van der Waals surface area contributed by atoms with E-state index in [-0.39, 0.29) is 17.2 Å². The third-order valence-corrected chi connectivity index (χ3v) is 5.71. The molecule has 0 saturated carbocycles. The molecule has 1 aromatic heterocycles.